The molecule has 0 radical (unpaired) electrons. The maximum atomic E-state index is 6.32. The lowest BCUT2D eigenvalue weighted by molar-refractivity contribution is 0.421. The van der Waals surface area contributed by atoms with E-state index in [1.807, 2.05) is 24.3 Å². The largest absolute Gasteiger partial charge is 0.399 e. The molecule has 18 heavy (non-hydrogen) atoms. The summed E-state index contributed by atoms with van der Waals surface area (Å²) in [4.78, 5) is 2.37. The van der Waals surface area contributed by atoms with Gasteiger partial charge in [-0.25, -0.2) is 0 Å². The van der Waals surface area contributed by atoms with Gasteiger partial charge in [-0.2, -0.15) is 0 Å². The van der Waals surface area contributed by atoms with Gasteiger partial charge in [0.15, 0.2) is 0 Å². The normalized spacial score (nSPS) is 16.5. The number of hydrogen-bond acceptors (Lipinski definition) is 2. The van der Waals surface area contributed by atoms with Crippen LogP contribution in [-0.2, 0) is 0 Å². The van der Waals surface area contributed by atoms with Gasteiger partial charge in [0.1, 0.15) is 0 Å². The van der Waals surface area contributed by atoms with E-state index >= 15 is 0 Å². The fourth-order valence-corrected chi connectivity index (χ4v) is 3.03. The van der Waals surface area contributed by atoms with Gasteiger partial charge >= 0.3 is 0 Å². The summed E-state index contributed by atoms with van der Waals surface area (Å²) < 4.78 is 0. The molecule has 0 spiro atoms. The molecular formula is C15H21ClN2. The smallest absolute Gasteiger partial charge is 0.0660 e. The summed E-state index contributed by atoms with van der Waals surface area (Å²) >= 11 is 6.32. The third-order valence-corrected chi connectivity index (χ3v) is 3.93. The number of rotatable bonds is 4. The van der Waals surface area contributed by atoms with Gasteiger partial charge in [-0.15, -0.1) is 6.58 Å². The first-order chi connectivity index (χ1) is 8.72. The SMILES string of the molecule is C=CCN(c1ccc(N)cc1Cl)C1CCCCC1. The van der Waals surface area contributed by atoms with Gasteiger partial charge in [0, 0.05) is 18.3 Å². The molecule has 2 N–H and O–H groups in total. The molecular weight excluding hydrogens is 244 g/mol. The summed E-state index contributed by atoms with van der Waals surface area (Å²) in [7, 11) is 0. The van der Waals surface area contributed by atoms with E-state index in [-0.39, 0.29) is 0 Å². The minimum Gasteiger partial charge on any atom is -0.399 e. The highest BCUT2D eigenvalue weighted by atomic mass is 35.5. The van der Waals surface area contributed by atoms with E-state index in [9.17, 15) is 0 Å². The first-order valence-corrected chi connectivity index (χ1v) is 7.02. The maximum Gasteiger partial charge on any atom is 0.0660 e. The van der Waals surface area contributed by atoms with E-state index in [1.54, 1.807) is 0 Å². The summed E-state index contributed by atoms with van der Waals surface area (Å²) in [5, 5.41) is 0.738. The monoisotopic (exact) mass is 264 g/mol. The molecule has 0 heterocycles. The molecule has 1 fully saturated rings. The van der Waals surface area contributed by atoms with E-state index in [1.165, 1.54) is 32.1 Å². The standard InChI is InChI=1S/C15H21ClN2/c1-2-10-18(13-6-4-3-5-7-13)15-9-8-12(17)11-14(15)16/h2,8-9,11,13H,1,3-7,10,17H2. The van der Waals surface area contributed by atoms with Crippen molar-refractivity contribution in [3.8, 4) is 0 Å². The third kappa shape index (κ3) is 2.99. The summed E-state index contributed by atoms with van der Waals surface area (Å²) in [5.74, 6) is 0. The topological polar surface area (TPSA) is 29.3 Å². The molecule has 1 saturated carbocycles. The summed E-state index contributed by atoms with van der Waals surface area (Å²) in [6, 6.07) is 6.35. The number of nitrogens with zero attached hydrogens (tertiary/aromatic N) is 1. The Balaban J connectivity index is 2.24. The Bertz CT molecular complexity index is 411. The molecule has 0 aromatic heterocycles. The molecule has 2 nitrogen and oxygen atoms in total. The second kappa shape index (κ2) is 6.14. The van der Waals surface area contributed by atoms with Gasteiger partial charge in [-0.1, -0.05) is 36.9 Å². The summed E-state index contributed by atoms with van der Waals surface area (Å²) in [6.07, 6.45) is 8.41. The minimum absolute atomic E-state index is 0.581. The van der Waals surface area contributed by atoms with Crippen LogP contribution in [0.5, 0.6) is 0 Å². The number of nitrogens with two attached hydrogens (primary N) is 1. The van der Waals surface area contributed by atoms with E-state index in [0.717, 1.165) is 17.3 Å². The highest BCUT2D eigenvalue weighted by Crippen LogP contribution is 2.33. The Morgan fingerprint density at radius 3 is 2.67 bits per heavy atom. The van der Waals surface area contributed by atoms with Crippen LogP contribution in [0.3, 0.4) is 0 Å². The van der Waals surface area contributed by atoms with Crippen LogP contribution in [0.25, 0.3) is 0 Å². The molecule has 1 aromatic carbocycles. The lowest BCUT2D eigenvalue weighted by atomic mass is 9.93. The van der Waals surface area contributed by atoms with Crippen molar-refractivity contribution < 1.29 is 0 Å². The highest BCUT2D eigenvalue weighted by Gasteiger charge is 2.22. The van der Waals surface area contributed by atoms with Crippen LogP contribution in [0.15, 0.2) is 30.9 Å². The van der Waals surface area contributed by atoms with Crippen LogP contribution in [0.2, 0.25) is 5.02 Å². The van der Waals surface area contributed by atoms with Crippen molar-refractivity contribution in [2.24, 2.45) is 0 Å². The lowest BCUT2D eigenvalue weighted by Crippen LogP contribution is -2.37. The molecule has 0 aliphatic heterocycles. The molecule has 0 atom stereocenters. The quantitative estimate of drug-likeness (QED) is 0.651. The first kappa shape index (κ1) is 13.3. The highest BCUT2D eigenvalue weighted by molar-refractivity contribution is 6.33. The minimum atomic E-state index is 0.581. The number of halogens is 1. The van der Waals surface area contributed by atoms with Crippen molar-refractivity contribution in [2.75, 3.05) is 17.2 Å². The number of benzene rings is 1. The molecule has 1 aliphatic carbocycles. The van der Waals surface area contributed by atoms with Crippen molar-refractivity contribution in [3.63, 3.8) is 0 Å². The number of nitrogen functional groups attached to an aromatic ring is 1. The zero-order valence-electron chi connectivity index (χ0n) is 10.7. The third-order valence-electron chi connectivity index (χ3n) is 3.62. The summed E-state index contributed by atoms with van der Waals surface area (Å²) in [5.41, 5.74) is 7.55. The molecule has 0 amide bonds. The van der Waals surface area contributed by atoms with Crippen molar-refractivity contribution in [2.45, 2.75) is 38.1 Å². The molecule has 98 valence electrons. The van der Waals surface area contributed by atoms with Gasteiger partial charge in [-0.3, -0.25) is 0 Å². The molecule has 2 rings (SSSR count). The molecule has 0 bridgehead atoms. The van der Waals surface area contributed by atoms with Gasteiger partial charge in [0.2, 0.25) is 0 Å². The summed E-state index contributed by atoms with van der Waals surface area (Å²) in [6.45, 7) is 4.70. The van der Waals surface area contributed by atoms with E-state index in [2.05, 4.69) is 11.5 Å². The zero-order valence-corrected chi connectivity index (χ0v) is 11.5. The van der Waals surface area contributed by atoms with Crippen LogP contribution in [0.1, 0.15) is 32.1 Å². The lowest BCUT2D eigenvalue weighted by Gasteiger charge is -2.36. The van der Waals surface area contributed by atoms with E-state index in [4.69, 9.17) is 17.3 Å². The predicted octanol–water partition coefficient (Wildman–Crippen LogP) is 4.25. The second-order valence-corrected chi connectivity index (χ2v) is 5.35. The Kier molecular flexibility index (Phi) is 4.54. The van der Waals surface area contributed by atoms with Crippen molar-refractivity contribution in [1.29, 1.82) is 0 Å². The van der Waals surface area contributed by atoms with E-state index < -0.39 is 0 Å². The van der Waals surface area contributed by atoms with Crippen LogP contribution in [0.4, 0.5) is 11.4 Å². The van der Waals surface area contributed by atoms with Crippen LogP contribution >= 0.6 is 11.6 Å². The van der Waals surface area contributed by atoms with Crippen molar-refractivity contribution >= 4 is 23.0 Å². The molecule has 0 saturated heterocycles. The van der Waals surface area contributed by atoms with Gasteiger partial charge in [-0.05, 0) is 31.0 Å². The van der Waals surface area contributed by atoms with E-state index in [0.29, 0.717) is 11.7 Å². The van der Waals surface area contributed by atoms with Crippen LogP contribution in [-0.4, -0.2) is 12.6 Å². The molecule has 1 aliphatic rings. The van der Waals surface area contributed by atoms with Crippen molar-refractivity contribution in [1.82, 2.24) is 0 Å². The molecule has 0 unspecified atom stereocenters. The Morgan fingerprint density at radius 2 is 2.06 bits per heavy atom. The Hall–Kier alpha value is -1.15. The predicted molar refractivity (Wildman–Crippen MR) is 80.3 cm³/mol. The van der Waals surface area contributed by atoms with Gasteiger partial charge in [0.25, 0.3) is 0 Å². The van der Waals surface area contributed by atoms with Crippen molar-refractivity contribution in [3.05, 3.63) is 35.9 Å². The second-order valence-electron chi connectivity index (χ2n) is 4.94. The number of hydrogen-bond donors (Lipinski definition) is 1. The Labute approximate surface area is 114 Å². The number of anilines is 2. The Morgan fingerprint density at radius 1 is 1.33 bits per heavy atom. The fourth-order valence-electron chi connectivity index (χ4n) is 2.73. The molecule has 1 aromatic rings. The zero-order chi connectivity index (χ0) is 13.0. The van der Waals surface area contributed by atoms with Crippen LogP contribution in [0, 0.1) is 0 Å². The first-order valence-electron chi connectivity index (χ1n) is 6.65. The molecule has 3 heteroatoms. The average Bonchev–Trinajstić information content (AvgIpc) is 2.38. The van der Waals surface area contributed by atoms with Crippen LogP contribution < -0.4 is 10.6 Å². The fraction of sp³-hybridized carbons (Fsp3) is 0.467. The van der Waals surface area contributed by atoms with Gasteiger partial charge < -0.3 is 10.6 Å². The maximum absolute atomic E-state index is 6.32. The average molecular weight is 265 g/mol. The van der Waals surface area contributed by atoms with Gasteiger partial charge in [0.05, 0.1) is 10.7 Å².